The molecule has 1 fully saturated rings. The van der Waals surface area contributed by atoms with Gasteiger partial charge in [0, 0.05) is 25.3 Å². The van der Waals surface area contributed by atoms with E-state index in [1.165, 1.54) is 12.1 Å². The molecule has 1 aliphatic rings. The number of hydrogen-bond acceptors (Lipinski definition) is 3. The number of halogens is 1. The van der Waals surface area contributed by atoms with Crippen molar-refractivity contribution in [2.24, 2.45) is 5.73 Å². The first-order valence-corrected chi connectivity index (χ1v) is 6.90. The number of benzene rings is 1. The molecule has 0 radical (unpaired) electrons. The molecule has 0 amide bonds. The Morgan fingerprint density at radius 2 is 2.05 bits per heavy atom. The molecular weight excluding hydrogens is 243 g/mol. The number of hydrogen-bond donors (Lipinski definition) is 2. The van der Waals surface area contributed by atoms with Gasteiger partial charge in [-0.1, -0.05) is 12.8 Å². The summed E-state index contributed by atoms with van der Waals surface area (Å²) in [7, 11) is 1.93. The van der Waals surface area contributed by atoms with E-state index < -0.39 is 5.60 Å². The fourth-order valence-electron chi connectivity index (χ4n) is 2.96. The lowest BCUT2D eigenvalue weighted by atomic mass is 10.00. The van der Waals surface area contributed by atoms with Crippen LogP contribution in [0, 0.1) is 5.82 Å². The lowest BCUT2D eigenvalue weighted by molar-refractivity contribution is 0.0559. The fraction of sp³-hybridized carbons (Fsp3) is 0.600. The zero-order valence-corrected chi connectivity index (χ0v) is 11.7. The van der Waals surface area contributed by atoms with Crippen LogP contribution in [0.25, 0.3) is 0 Å². The van der Waals surface area contributed by atoms with Crippen LogP contribution in [-0.2, 0) is 0 Å². The molecule has 3 nitrogen and oxygen atoms in total. The van der Waals surface area contributed by atoms with Crippen LogP contribution >= 0.6 is 0 Å². The maximum Gasteiger partial charge on any atom is 0.123 e. The average molecular weight is 266 g/mol. The zero-order chi connectivity index (χ0) is 14.0. The molecule has 0 spiro atoms. The predicted molar refractivity (Wildman–Crippen MR) is 75.7 cm³/mol. The topological polar surface area (TPSA) is 49.5 Å². The quantitative estimate of drug-likeness (QED) is 0.880. The average Bonchev–Trinajstić information content (AvgIpc) is 2.75. The Bertz CT molecular complexity index is 442. The summed E-state index contributed by atoms with van der Waals surface area (Å²) in [4.78, 5) is 1.99. The second-order valence-electron chi connectivity index (χ2n) is 5.78. The molecule has 1 aromatic rings. The van der Waals surface area contributed by atoms with Gasteiger partial charge < -0.3 is 15.7 Å². The fourth-order valence-corrected chi connectivity index (χ4v) is 2.96. The summed E-state index contributed by atoms with van der Waals surface area (Å²) in [5.74, 6) is -0.274. The first-order chi connectivity index (χ1) is 8.91. The van der Waals surface area contributed by atoms with Crippen molar-refractivity contribution < 1.29 is 9.50 Å². The van der Waals surface area contributed by atoms with Gasteiger partial charge in [0.25, 0.3) is 0 Å². The number of anilines is 1. The molecule has 1 unspecified atom stereocenters. The SMILES string of the molecule is CC(N)c1cc(F)ccc1N(C)CC1(O)CCCC1. The van der Waals surface area contributed by atoms with Crippen LogP contribution in [0.15, 0.2) is 18.2 Å². The predicted octanol–water partition coefficient (Wildman–Crippen LogP) is 2.59. The van der Waals surface area contributed by atoms with Crippen LogP contribution in [-0.4, -0.2) is 24.3 Å². The van der Waals surface area contributed by atoms with Gasteiger partial charge in [0.2, 0.25) is 0 Å². The minimum Gasteiger partial charge on any atom is -0.388 e. The van der Waals surface area contributed by atoms with E-state index in [4.69, 9.17) is 5.73 Å². The Labute approximate surface area is 114 Å². The lowest BCUT2D eigenvalue weighted by Crippen LogP contribution is -2.39. The van der Waals surface area contributed by atoms with Gasteiger partial charge in [0.05, 0.1) is 5.60 Å². The van der Waals surface area contributed by atoms with E-state index in [1.807, 2.05) is 18.9 Å². The van der Waals surface area contributed by atoms with E-state index in [2.05, 4.69) is 0 Å². The number of likely N-dealkylation sites (N-methyl/N-ethyl adjacent to an activating group) is 1. The highest BCUT2D eigenvalue weighted by Gasteiger charge is 2.32. The molecule has 1 atom stereocenters. The summed E-state index contributed by atoms with van der Waals surface area (Å²) < 4.78 is 13.3. The maximum atomic E-state index is 13.3. The van der Waals surface area contributed by atoms with E-state index in [-0.39, 0.29) is 11.9 Å². The van der Waals surface area contributed by atoms with Crippen molar-refractivity contribution >= 4 is 5.69 Å². The Hall–Kier alpha value is -1.13. The summed E-state index contributed by atoms with van der Waals surface area (Å²) >= 11 is 0. The molecule has 0 heterocycles. The van der Waals surface area contributed by atoms with Crippen molar-refractivity contribution in [3.8, 4) is 0 Å². The highest BCUT2D eigenvalue weighted by molar-refractivity contribution is 5.54. The van der Waals surface area contributed by atoms with Crippen molar-refractivity contribution in [2.75, 3.05) is 18.5 Å². The van der Waals surface area contributed by atoms with E-state index >= 15 is 0 Å². The smallest absolute Gasteiger partial charge is 0.123 e. The Balaban J connectivity index is 2.20. The first-order valence-electron chi connectivity index (χ1n) is 6.90. The molecule has 4 heteroatoms. The number of nitrogens with two attached hydrogens (primary N) is 1. The lowest BCUT2D eigenvalue weighted by Gasteiger charge is -2.31. The number of nitrogens with zero attached hydrogens (tertiary/aromatic N) is 1. The summed E-state index contributed by atoms with van der Waals surface area (Å²) in [5.41, 5.74) is 6.97. The second-order valence-corrected chi connectivity index (χ2v) is 5.78. The normalized spacial score (nSPS) is 19.4. The van der Waals surface area contributed by atoms with E-state index in [1.54, 1.807) is 6.07 Å². The van der Waals surface area contributed by atoms with E-state index in [9.17, 15) is 9.50 Å². The second kappa shape index (κ2) is 5.47. The molecule has 0 aliphatic heterocycles. The van der Waals surface area contributed by atoms with E-state index in [0.29, 0.717) is 6.54 Å². The zero-order valence-electron chi connectivity index (χ0n) is 11.7. The molecule has 106 valence electrons. The number of rotatable bonds is 4. The first kappa shape index (κ1) is 14.3. The van der Waals surface area contributed by atoms with Crippen LogP contribution in [0.4, 0.5) is 10.1 Å². The van der Waals surface area contributed by atoms with Gasteiger partial charge in [-0.3, -0.25) is 0 Å². The largest absolute Gasteiger partial charge is 0.388 e. The van der Waals surface area contributed by atoms with Gasteiger partial charge in [-0.25, -0.2) is 4.39 Å². The third-order valence-electron chi connectivity index (χ3n) is 3.96. The van der Waals surface area contributed by atoms with Gasteiger partial charge in [0.15, 0.2) is 0 Å². The summed E-state index contributed by atoms with van der Waals surface area (Å²) in [5, 5.41) is 10.5. The summed E-state index contributed by atoms with van der Waals surface area (Å²) in [6.45, 7) is 2.41. The van der Waals surface area contributed by atoms with Crippen molar-refractivity contribution in [3.05, 3.63) is 29.6 Å². The van der Waals surface area contributed by atoms with Crippen LogP contribution in [0.5, 0.6) is 0 Å². The maximum absolute atomic E-state index is 13.3. The summed E-state index contributed by atoms with van der Waals surface area (Å²) in [6.07, 6.45) is 3.83. The highest BCUT2D eigenvalue weighted by Crippen LogP contribution is 2.33. The molecule has 1 aliphatic carbocycles. The monoisotopic (exact) mass is 266 g/mol. The third kappa shape index (κ3) is 3.25. The van der Waals surface area contributed by atoms with Gasteiger partial charge in [-0.05, 0) is 43.5 Å². The van der Waals surface area contributed by atoms with Gasteiger partial charge in [0.1, 0.15) is 5.82 Å². The molecule has 0 saturated heterocycles. The van der Waals surface area contributed by atoms with Gasteiger partial charge >= 0.3 is 0 Å². The van der Waals surface area contributed by atoms with Crippen LogP contribution < -0.4 is 10.6 Å². The molecule has 0 aromatic heterocycles. The minimum atomic E-state index is -0.613. The van der Waals surface area contributed by atoms with E-state index in [0.717, 1.165) is 36.9 Å². The molecule has 2 rings (SSSR count). The van der Waals surface area contributed by atoms with Crippen LogP contribution in [0.1, 0.15) is 44.2 Å². The van der Waals surface area contributed by atoms with Crippen molar-refractivity contribution in [3.63, 3.8) is 0 Å². The van der Waals surface area contributed by atoms with Gasteiger partial charge in [-0.15, -0.1) is 0 Å². The molecular formula is C15H23FN2O. The third-order valence-corrected chi connectivity index (χ3v) is 3.96. The molecule has 1 saturated carbocycles. The van der Waals surface area contributed by atoms with Crippen LogP contribution in [0.3, 0.4) is 0 Å². The molecule has 19 heavy (non-hydrogen) atoms. The Kier molecular flexibility index (Phi) is 4.11. The van der Waals surface area contributed by atoms with Crippen molar-refractivity contribution in [2.45, 2.75) is 44.2 Å². The Morgan fingerprint density at radius 3 is 2.63 bits per heavy atom. The molecule has 3 N–H and O–H groups in total. The standard InChI is InChI=1S/C15H23FN2O/c1-11(17)13-9-12(16)5-6-14(13)18(2)10-15(19)7-3-4-8-15/h5-6,9,11,19H,3-4,7-8,10,17H2,1-2H3. The summed E-state index contributed by atoms with van der Waals surface area (Å²) in [6, 6.07) is 4.43. The highest BCUT2D eigenvalue weighted by atomic mass is 19.1. The van der Waals surface area contributed by atoms with Crippen molar-refractivity contribution in [1.82, 2.24) is 0 Å². The Morgan fingerprint density at radius 1 is 1.42 bits per heavy atom. The molecule has 0 bridgehead atoms. The minimum absolute atomic E-state index is 0.230. The van der Waals surface area contributed by atoms with Crippen molar-refractivity contribution in [1.29, 1.82) is 0 Å². The number of aliphatic hydroxyl groups is 1. The van der Waals surface area contributed by atoms with Crippen LogP contribution in [0.2, 0.25) is 0 Å². The molecule has 1 aromatic carbocycles. The van der Waals surface area contributed by atoms with Gasteiger partial charge in [-0.2, -0.15) is 0 Å².